The number of para-hydroxylation sites is 1. The van der Waals surface area contributed by atoms with Gasteiger partial charge in [-0.25, -0.2) is 0 Å². The zero-order chi connectivity index (χ0) is 26.2. The first-order valence-electron chi connectivity index (χ1n) is 12.2. The second-order valence-electron chi connectivity index (χ2n) is 9.64. The van der Waals surface area contributed by atoms with E-state index < -0.39 is 35.6 Å². The number of benzene rings is 1. The van der Waals surface area contributed by atoms with E-state index in [1.807, 2.05) is 32.0 Å². The summed E-state index contributed by atoms with van der Waals surface area (Å²) in [5.74, 6) is -2.90. The summed E-state index contributed by atoms with van der Waals surface area (Å²) >= 11 is 3.64. The van der Waals surface area contributed by atoms with Gasteiger partial charge in [0.25, 0.3) is 5.91 Å². The highest BCUT2D eigenvalue weighted by atomic mass is 79.9. The molecule has 2 amide bonds. The van der Waals surface area contributed by atoms with Gasteiger partial charge in [-0.1, -0.05) is 46.3 Å². The average Bonchev–Trinajstić information content (AvgIpc) is 3.42. The lowest BCUT2D eigenvalue weighted by Crippen LogP contribution is -2.57. The van der Waals surface area contributed by atoms with Gasteiger partial charge < -0.3 is 24.4 Å². The number of fused-ring (bicyclic) bond motifs is 1. The number of aliphatic hydroxyl groups excluding tert-OH is 1. The molecule has 1 aromatic carbocycles. The van der Waals surface area contributed by atoms with Crippen LogP contribution in [0.15, 0.2) is 43.5 Å². The lowest BCUT2D eigenvalue weighted by molar-refractivity contribution is -0.154. The minimum absolute atomic E-state index is 0.0403. The normalized spacial score (nSPS) is 30.3. The van der Waals surface area contributed by atoms with Gasteiger partial charge in [0.15, 0.2) is 0 Å². The number of ether oxygens (including phenoxy) is 2. The molecule has 3 fully saturated rings. The molecule has 0 radical (unpaired) electrons. The average molecular weight is 561 g/mol. The first-order valence-corrected chi connectivity index (χ1v) is 13.1. The largest absolute Gasteiger partial charge is 0.465 e. The number of anilines is 1. The molecule has 0 aliphatic carbocycles. The molecule has 9 heteroatoms. The third kappa shape index (κ3) is 4.11. The summed E-state index contributed by atoms with van der Waals surface area (Å²) in [6.07, 6.45) is 3.59. The van der Waals surface area contributed by atoms with Crippen molar-refractivity contribution in [3.63, 3.8) is 0 Å². The van der Waals surface area contributed by atoms with Crippen molar-refractivity contribution in [2.75, 3.05) is 31.2 Å². The van der Waals surface area contributed by atoms with Crippen LogP contribution in [0.5, 0.6) is 0 Å². The molecule has 3 heterocycles. The Balaban J connectivity index is 1.77. The molecule has 3 aliphatic rings. The molecule has 8 nitrogen and oxygen atoms in total. The number of carbonyl (C=O) groups excluding carboxylic acids is 3. The fourth-order valence-electron chi connectivity index (χ4n) is 6.17. The maximum Gasteiger partial charge on any atom is 0.312 e. The number of likely N-dealkylation sites (tertiary alicyclic amines) is 1. The number of hydrogen-bond donors (Lipinski definition) is 1. The van der Waals surface area contributed by atoms with Crippen molar-refractivity contribution in [3.05, 3.63) is 54.6 Å². The second kappa shape index (κ2) is 10.5. The van der Waals surface area contributed by atoms with Crippen molar-refractivity contribution in [1.82, 2.24) is 4.90 Å². The Morgan fingerprint density at radius 3 is 2.61 bits per heavy atom. The van der Waals surface area contributed by atoms with Crippen LogP contribution in [-0.4, -0.2) is 76.7 Å². The molecule has 1 N–H and O–H groups in total. The Kier molecular flexibility index (Phi) is 7.73. The molecule has 6 atom stereocenters. The number of hydrogen-bond acceptors (Lipinski definition) is 6. The van der Waals surface area contributed by atoms with Crippen LogP contribution in [0, 0.1) is 25.7 Å². The Hall–Kier alpha value is -2.49. The van der Waals surface area contributed by atoms with E-state index in [2.05, 4.69) is 29.1 Å². The highest BCUT2D eigenvalue weighted by Crippen LogP contribution is 2.60. The number of aliphatic hydroxyl groups is 1. The number of rotatable bonds is 10. The molecule has 0 saturated carbocycles. The number of nitrogens with zero attached hydrogens (tertiary/aromatic N) is 2. The summed E-state index contributed by atoms with van der Waals surface area (Å²) < 4.78 is 11.9. The van der Waals surface area contributed by atoms with E-state index in [0.29, 0.717) is 12.8 Å². The van der Waals surface area contributed by atoms with E-state index in [4.69, 9.17) is 9.47 Å². The monoisotopic (exact) mass is 560 g/mol. The van der Waals surface area contributed by atoms with Gasteiger partial charge >= 0.3 is 5.97 Å². The minimum atomic E-state index is -1.21. The number of alkyl halides is 1. The molecule has 3 unspecified atom stereocenters. The van der Waals surface area contributed by atoms with E-state index in [-0.39, 0.29) is 42.9 Å². The van der Waals surface area contributed by atoms with Crippen LogP contribution in [0.1, 0.15) is 24.0 Å². The molecule has 1 aromatic rings. The van der Waals surface area contributed by atoms with Crippen LogP contribution in [0.4, 0.5) is 5.69 Å². The SMILES string of the molecule is C=CCCOC(=O)[C@H]1[C@@H]2OC3(CC2Br)C(C(=O)N(CC=C)c2c(C)cccc2C)N(CCO)C(=O)[C@H]13. The first-order chi connectivity index (χ1) is 17.2. The van der Waals surface area contributed by atoms with Gasteiger partial charge in [-0.3, -0.25) is 14.4 Å². The third-order valence-electron chi connectivity index (χ3n) is 7.49. The van der Waals surface area contributed by atoms with E-state index >= 15 is 0 Å². The fraction of sp³-hybridized carbons (Fsp3) is 0.519. The van der Waals surface area contributed by atoms with Crippen molar-refractivity contribution in [3.8, 4) is 0 Å². The summed E-state index contributed by atoms with van der Waals surface area (Å²) in [5, 5.41) is 9.81. The number of esters is 1. The van der Waals surface area contributed by atoms with Gasteiger partial charge in [-0.2, -0.15) is 0 Å². The number of β-amino-alcohol motifs (C(OH)–C–C–N with tert-alkyl or cyclic N) is 1. The smallest absolute Gasteiger partial charge is 0.312 e. The first kappa shape index (κ1) is 26.6. The van der Waals surface area contributed by atoms with Crippen molar-refractivity contribution in [2.24, 2.45) is 11.8 Å². The van der Waals surface area contributed by atoms with Gasteiger partial charge in [0.2, 0.25) is 5.91 Å². The highest BCUT2D eigenvalue weighted by molar-refractivity contribution is 9.09. The molecular weight excluding hydrogens is 528 g/mol. The van der Waals surface area contributed by atoms with E-state index in [1.54, 1.807) is 17.1 Å². The Morgan fingerprint density at radius 2 is 2.00 bits per heavy atom. The van der Waals surface area contributed by atoms with Crippen LogP contribution in [0.2, 0.25) is 0 Å². The Labute approximate surface area is 220 Å². The number of aryl methyl sites for hydroxylation is 2. The molecule has 36 heavy (non-hydrogen) atoms. The van der Waals surface area contributed by atoms with E-state index in [9.17, 15) is 19.5 Å². The van der Waals surface area contributed by atoms with Gasteiger partial charge in [0, 0.05) is 23.6 Å². The zero-order valence-corrected chi connectivity index (χ0v) is 22.3. The zero-order valence-electron chi connectivity index (χ0n) is 20.7. The number of halogens is 1. The predicted octanol–water partition coefficient (Wildman–Crippen LogP) is 2.68. The predicted molar refractivity (Wildman–Crippen MR) is 139 cm³/mol. The van der Waals surface area contributed by atoms with E-state index in [0.717, 1.165) is 16.8 Å². The van der Waals surface area contributed by atoms with Gasteiger partial charge in [-0.15, -0.1) is 13.2 Å². The summed E-state index contributed by atoms with van der Waals surface area (Å²) in [6, 6.07) is 4.78. The number of amides is 2. The molecule has 4 rings (SSSR count). The topological polar surface area (TPSA) is 96.4 Å². The van der Waals surface area contributed by atoms with Crippen molar-refractivity contribution >= 4 is 39.4 Å². The van der Waals surface area contributed by atoms with Crippen LogP contribution in [-0.2, 0) is 23.9 Å². The lowest BCUT2D eigenvalue weighted by atomic mass is 9.70. The summed E-state index contributed by atoms with van der Waals surface area (Å²) in [6.45, 7) is 11.4. The third-order valence-corrected chi connectivity index (χ3v) is 8.33. The number of carbonyl (C=O) groups is 3. The standard InChI is InChI=1S/C27H33BrN2O6/c1-5-7-14-35-26(34)19-20-24(32)30(12-13-31)23(27(20)15-18(28)22(19)36-27)25(33)29(11-6-2)21-16(3)9-8-10-17(21)4/h5-6,8-10,18-20,22-23,31H,1-2,7,11-15H2,3-4H3/t18?,19-,20+,22-,23?,27?/m1/s1. The molecule has 2 bridgehead atoms. The highest BCUT2D eigenvalue weighted by Gasteiger charge is 2.77. The maximum absolute atomic E-state index is 14.4. The molecule has 0 aromatic heterocycles. The van der Waals surface area contributed by atoms with Crippen molar-refractivity contribution in [1.29, 1.82) is 0 Å². The van der Waals surface area contributed by atoms with Crippen LogP contribution < -0.4 is 4.90 Å². The summed E-state index contributed by atoms with van der Waals surface area (Å²) in [4.78, 5) is 44.1. The van der Waals surface area contributed by atoms with E-state index in [1.165, 1.54) is 4.90 Å². The second-order valence-corrected chi connectivity index (χ2v) is 10.8. The molecule has 1 spiro atoms. The van der Waals surface area contributed by atoms with Crippen LogP contribution >= 0.6 is 15.9 Å². The lowest BCUT2D eigenvalue weighted by Gasteiger charge is -2.37. The molecular formula is C27H33BrN2O6. The summed E-state index contributed by atoms with van der Waals surface area (Å²) in [7, 11) is 0. The fourth-order valence-corrected chi connectivity index (χ4v) is 7.11. The maximum atomic E-state index is 14.4. The van der Waals surface area contributed by atoms with Crippen LogP contribution in [0.25, 0.3) is 0 Å². The Morgan fingerprint density at radius 1 is 1.31 bits per heavy atom. The van der Waals surface area contributed by atoms with Gasteiger partial charge in [0.1, 0.15) is 11.6 Å². The molecule has 3 aliphatic heterocycles. The Bertz CT molecular complexity index is 1060. The molecule has 3 saturated heterocycles. The summed E-state index contributed by atoms with van der Waals surface area (Å²) in [5.41, 5.74) is 1.37. The van der Waals surface area contributed by atoms with Crippen LogP contribution in [0.3, 0.4) is 0 Å². The minimum Gasteiger partial charge on any atom is -0.465 e. The quantitative estimate of drug-likeness (QED) is 0.204. The molecule has 194 valence electrons. The van der Waals surface area contributed by atoms with Crippen molar-refractivity contribution in [2.45, 2.75) is 49.3 Å². The van der Waals surface area contributed by atoms with Gasteiger partial charge in [0.05, 0.1) is 31.2 Å². The van der Waals surface area contributed by atoms with Gasteiger partial charge in [-0.05, 0) is 37.8 Å². The van der Waals surface area contributed by atoms with Crippen molar-refractivity contribution < 1.29 is 29.0 Å².